The van der Waals surface area contributed by atoms with Gasteiger partial charge in [-0.05, 0) is 37.5 Å². The van der Waals surface area contributed by atoms with Crippen molar-refractivity contribution in [1.82, 2.24) is 14.9 Å². The van der Waals surface area contributed by atoms with E-state index in [2.05, 4.69) is 41.5 Å². The Labute approximate surface area is 170 Å². The van der Waals surface area contributed by atoms with Crippen molar-refractivity contribution in [2.45, 2.75) is 51.0 Å². The van der Waals surface area contributed by atoms with Gasteiger partial charge in [0.15, 0.2) is 0 Å². The molecule has 150 valence electrons. The number of para-hydroxylation sites is 2. The van der Waals surface area contributed by atoms with E-state index in [9.17, 15) is 9.59 Å². The number of nitrogens with zero attached hydrogens (tertiary/aromatic N) is 2. The van der Waals surface area contributed by atoms with Gasteiger partial charge >= 0.3 is 0 Å². The minimum Gasteiger partial charge on any atom is -0.354 e. The minimum atomic E-state index is -0.259. The normalized spacial score (nSPS) is 15.9. The van der Waals surface area contributed by atoms with Crippen molar-refractivity contribution in [3.05, 3.63) is 76.2 Å². The van der Waals surface area contributed by atoms with E-state index in [0.717, 1.165) is 12.8 Å². The van der Waals surface area contributed by atoms with E-state index in [4.69, 9.17) is 0 Å². The Balaban J connectivity index is 1.54. The molecule has 0 radical (unpaired) electrons. The van der Waals surface area contributed by atoms with Gasteiger partial charge in [0.2, 0.25) is 5.91 Å². The molecule has 1 aliphatic carbocycles. The summed E-state index contributed by atoms with van der Waals surface area (Å²) in [5.41, 5.74) is 3.66. The Morgan fingerprint density at radius 2 is 1.90 bits per heavy atom. The highest BCUT2D eigenvalue weighted by Crippen LogP contribution is 2.39. The molecular formula is C24H27N3O2. The number of carbonyl (C=O) groups excluding carboxylic acids is 1. The number of carbonyl (C=O) groups is 1. The monoisotopic (exact) mass is 389 g/mol. The van der Waals surface area contributed by atoms with Gasteiger partial charge in [-0.2, -0.15) is 0 Å². The quantitative estimate of drug-likeness (QED) is 0.723. The van der Waals surface area contributed by atoms with E-state index in [1.807, 2.05) is 24.3 Å². The molecule has 4 rings (SSSR count). The van der Waals surface area contributed by atoms with Crippen molar-refractivity contribution < 1.29 is 4.79 Å². The van der Waals surface area contributed by atoms with Crippen molar-refractivity contribution >= 4 is 16.9 Å². The van der Waals surface area contributed by atoms with Crippen LogP contribution >= 0.6 is 0 Å². The number of rotatable bonds is 5. The van der Waals surface area contributed by atoms with Crippen molar-refractivity contribution in [1.29, 1.82) is 0 Å². The van der Waals surface area contributed by atoms with Crippen LogP contribution in [0.15, 0.2) is 59.5 Å². The van der Waals surface area contributed by atoms with Gasteiger partial charge in [0.25, 0.3) is 5.56 Å². The SMILES string of the molecule is Cc1cccc(C2(CNC(=O)Cn3c(=O)cnc4ccccc43)CCCCC2)c1. The Morgan fingerprint density at radius 3 is 2.69 bits per heavy atom. The van der Waals surface area contributed by atoms with E-state index in [1.54, 1.807) is 0 Å². The third-order valence-corrected chi connectivity index (χ3v) is 6.12. The molecule has 1 fully saturated rings. The summed E-state index contributed by atoms with van der Waals surface area (Å²) in [6, 6.07) is 16.0. The Hall–Kier alpha value is -2.95. The largest absolute Gasteiger partial charge is 0.354 e. The molecule has 1 heterocycles. The fraction of sp³-hybridized carbons (Fsp3) is 0.375. The second kappa shape index (κ2) is 8.19. The molecule has 2 aromatic carbocycles. The molecule has 1 aromatic heterocycles. The van der Waals surface area contributed by atoms with Crippen LogP contribution in [-0.2, 0) is 16.8 Å². The first-order valence-corrected chi connectivity index (χ1v) is 10.4. The number of benzene rings is 2. The zero-order valence-corrected chi connectivity index (χ0v) is 16.9. The van der Waals surface area contributed by atoms with E-state index in [0.29, 0.717) is 17.6 Å². The summed E-state index contributed by atoms with van der Waals surface area (Å²) in [5, 5.41) is 3.13. The first-order valence-electron chi connectivity index (χ1n) is 10.4. The minimum absolute atomic E-state index is 0.00572. The number of aromatic nitrogens is 2. The zero-order valence-electron chi connectivity index (χ0n) is 16.9. The maximum Gasteiger partial charge on any atom is 0.269 e. The smallest absolute Gasteiger partial charge is 0.269 e. The molecule has 0 aliphatic heterocycles. The molecule has 5 heteroatoms. The van der Waals surface area contributed by atoms with E-state index >= 15 is 0 Å². The van der Waals surface area contributed by atoms with Crippen LogP contribution in [0.5, 0.6) is 0 Å². The third-order valence-electron chi connectivity index (χ3n) is 6.12. The number of hydrogen-bond donors (Lipinski definition) is 1. The molecule has 3 aromatic rings. The van der Waals surface area contributed by atoms with Crippen LogP contribution in [-0.4, -0.2) is 22.0 Å². The van der Waals surface area contributed by atoms with Gasteiger partial charge in [-0.3, -0.25) is 14.2 Å². The highest BCUT2D eigenvalue weighted by Gasteiger charge is 2.34. The predicted octanol–water partition coefficient (Wildman–Crippen LogP) is 3.72. The first kappa shape index (κ1) is 19.4. The van der Waals surface area contributed by atoms with Crippen molar-refractivity contribution in [3.8, 4) is 0 Å². The Bertz CT molecular complexity index is 1080. The standard InChI is InChI=1S/C24H27N3O2/c1-18-8-7-9-19(14-18)24(12-5-2-6-13-24)17-26-22(28)16-27-21-11-4-3-10-20(21)25-15-23(27)29/h3-4,7-11,14-15H,2,5-6,12-13,16-17H2,1H3,(H,26,28). The maximum atomic E-state index is 12.8. The second-order valence-electron chi connectivity index (χ2n) is 8.16. The molecule has 1 aliphatic rings. The lowest BCUT2D eigenvalue weighted by atomic mass is 9.69. The highest BCUT2D eigenvalue weighted by molar-refractivity contribution is 5.80. The fourth-order valence-corrected chi connectivity index (χ4v) is 4.52. The van der Waals surface area contributed by atoms with Crippen molar-refractivity contribution in [3.63, 3.8) is 0 Å². The third kappa shape index (κ3) is 4.09. The molecule has 29 heavy (non-hydrogen) atoms. The van der Waals surface area contributed by atoms with Gasteiger partial charge < -0.3 is 5.32 Å². The van der Waals surface area contributed by atoms with Crippen LogP contribution in [0.2, 0.25) is 0 Å². The summed E-state index contributed by atoms with van der Waals surface area (Å²) in [7, 11) is 0. The van der Waals surface area contributed by atoms with Gasteiger partial charge in [-0.1, -0.05) is 61.2 Å². The summed E-state index contributed by atoms with van der Waals surface area (Å²) in [6.07, 6.45) is 7.05. The molecular weight excluding hydrogens is 362 g/mol. The fourth-order valence-electron chi connectivity index (χ4n) is 4.52. The van der Waals surface area contributed by atoms with Crippen LogP contribution in [0.25, 0.3) is 11.0 Å². The summed E-state index contributed by atoms with van der Waals surface area (Å²) in [5.74, 6) is -0.138. The Morgan fingerprint density at radius 1 is 1.10 bits per heavy atom. The summed E-state index contributed by atoms with van der Waals surface area (Å²) in [4.78, 5) is 29.3. The molecule has 5 nitrogen and oxygen atoms in total. The van der Waals surface area contributed by atoms with E-state index in [1.165, 1.54) is 41.2 Å². The molecule has 0 saturated heterocycles. The van der Waals surface area contributed by atoms with Crippen LogP contribution in [0.1, 0.15) is 43.2 Å². The van der Waals surface area contributed by atoms with E-state index < -0.39 is 0 Å². The van der Waals surface area contributed by atoms with Gasteiger partial charge in [-0.25, -0.2) is 4.98 Å². The molecule has 0 atom stereocenters. The average molecular weight is 389 g/mol. The van der Waals surface area contributed by atoms with Gasteiger partial charge in [0.1, 0.15) is 6.54 Å². The van der Waals surface area contributed by atoms with Crippen LogP contribution in [0.3, 0.4) is 0 Å². The maximum absolute atomic E-state index is 12.8. The average Bonchev–Trinajstić information content (AvgIpc) is 2.75. The first-order chi connectivity index (χ1) is 14.1. The molecule has 1 amide bonds. The lowest BCUT2D eigenvalue weighted by Gasteiger charge is -2.38. The lowest BCUT2D eigenvalue weighted by molar-refractivity contribution is -0.122. The lowest BCUT2D eigenvalue weighted by Crippen LogP contribution is -2.44. The van der Waals surface area contributed by atoms with Crippen molar-refractivity contribution in [2.75, 3.05) is 6.54 Å². The molecule has 1 saturated carbocycles. The van der Waals surface area contributed by atoms with Gasteiger partial charge in [-0.15, -0.1) is 0 Å². The number of aryl methyl sites for hydroxylation is 1. The predicted molar refractivity (Wildman–Crippen MR) is 115 cm³/mol. The molecule has 0 spiro atoms. The van der Waals surface area contributed by atoms with Gasteiger partial charge in [0.05, 0.1) is 17.2 Å². The second-order valence-corrected chi connectivity index (χ2v) is 8.16. The van der Waals surface area contributed by atoms with Gasteiger partial charge in [0, 0.05) is 12.0 Å². The number of hydrogen-bond acceptors (Lipinski definition) is 3. The van der Waals surface area contributed by atoms with Crippen molar-refractivity contribution in [2.24, 2.45) is 0 Å². The highest BCUT2D eigenvalue weighted by atomic mass is 16.2. The summed E-state index contributed by atoms with van der Waals surface area (Å²) in [6.45, 7) is 2.72. The Kier molecular flexibility index (Phi) is 5.47. The van der Waals surface area contributed by atoms with E-state index in [-0.39, 0.29) is 23.4 Å². The zero-order chi connectivity index (χ0) is 20.3. The number of fused-ring (bicyclic) bond motifs is 1. The topological polar surface area (TPSA) is 64.0 Å². The number of nitrogens with one attached hydrogen (secondary N) is 1. The molecule has 0 unspecified atom stereocenters. The van der Waals surface area contributed by atoms with Crippen LogP contribution in [0.4, 0.5) is 0 Å². The molecule has 1 N–H and O–H groups in total. The summed E-state index contributed by atoms with van der Waals surface area (Å²) >= 11 is 0. The number of amides is 1. The van der Waals surface area contributed by atoms with Crippen LogP contribution in [0, 0.1) is 6.92 Å². The molecule has 0 bridgehead atoms. The van der Waals surface area contributed by atoms with Crippen LogP contribution < -0.4 is 10.9 Å². The summed E-state index contributed by atoms with van der Waals surface area (Å²) < 4.78 is 1.50.